The maximum Gasteiger partial charge on any atom is 0.505 e. The molecule has 160 valence electrons. The van der Waals surface area contributed by atoms with Gasteiger partial charge in [0.25, 0.3) is 5.91 Å². The lowest BCUT2D eigenvalue weighted by molar-refractivity contribution is -0.213. The van der Waals surface area contributed by atoms with Crippen LogP contribution in [0.5, 0.6) is 5.75 Å². The summed E-state index contributed by atoms with van der Waals surface area (Å²) >= 11 is 0. The smallest absolute Gasteiger partial charge is 0.494 e. The molecule has 1 unspecified atom stereocenters. The number of H-pyrrole nitrogens is 1. The quantitative estimate of drug-likeness (QED) is 0.538. The third kappa shape index (κ3) is 3.02. The Morgan fingerprint density at radius 2 is 2.16 bits per heavy atom. The fourth-order valence-corrected chi connectivity index (χ4v) is 3.92. The van der Waals surface area contributed by atoms with Crippen molar-refractivity contribution in [3.63, 3.8) is 0 Å². The molecule has 1 aliphatic rings. The first kappa shape index (κ1) is 19.2. The second-order valence-electron chi connectivity index (χ2n) is 6.99. The number of amides is 1. The van der Waals surface area contributed by atoms with Crippen LogP contribution in [0, 0.1) is 0 Å². The highest BCUT2D eigenvalue weighted by Gasteiger charge is 2.41. The molecule has 0 saturated heterocycles. The highest BCUT2D eigenvalue weighted by Crippen LogP contribution is 2.36. The van der Waals surface area contributed by atoms with Crippen LogP contribution in [0.3, 0.4) is 0 Å². The van der Waals surface area contributed by atoms with Crippen molar-refractivity contribution in [2.45, 2.75) is 18.8 Å². The Balaban J connectivity index is 1.63. The van der Waals surface area contributed by atoms with Gasteiger partial charge in [-0.2, -0.15) is 14.9 Å². The van der Waals surface area contributed by atoms with Crippen molar-refractivity contribution in [2.75, 3.05) is 13.7 Å². The number of hydrogen-bond donors (Lipinski definition) is 1. The number of halogens is 3. The van der Waals surface area contributed by atoms with Gasteiger partial charge < -0.3 is 14.6 Å². The van der Waals surface area contributed by atoms with Crippen LogP contribution in [-0.4, -0.2) is 53.8 Å². The molecule has 1 amide bonds. The topological polar surface area (TPSA) is 93.3 Å². The molecule has 4 aromatic rings. The van der Waals surface area contributed by atoms with Gasteiger partial charge in [0.05, 0.1) is 31.0 Å². The van der Waals surface area contributed by atoms with E-state index in [1.807, 2.05) is 0 Å². The van der Waals surface area contributed by atoms with E-state index in [0.717, 1.165) is 18.0 Å². The minimum Gasteiger partial charge on any atom is -0.494 e. The Bertz CT molecular complexity index is 1270. The molecular formula is C19H16F3N7O2. The van der Waals surface area contributed by atoms with Crippen LogP contribution in [0.25, 0.3) is 5.52 Å². The van der Waals surface area contributed by atoms with Gasteiger partial charge in [-0.3, -0.25) is 4.79 Å². The minimum absolute atomic E-state index is 0.187. The summed E-state index contributed by atoms with van der Waals surface area (Å²) in [5.41, 5.74) is 1.90. The Labute approximate surface area is 173 Å². The van der Waals surface area contributed by atoms with Crippen LogP contribution in [0.4, 0.5) is 13.2 Å². The van der Waals surface area contributed by atoms with E-state index in [0.29, 0.717) is 29.1 Å². The van der Waals surface area contributed by atoms with E-state index in [2.05, 4.69) is 20.2 Å². The molecule has 1 aliphatic heterocycles. The van der Waals surface area contributed by atoms with E-state index >= 15 is 0 Å². The van der Waals surface area contributed by atoms with E-state index < -0.39 is 23.9 Å². The van der Waals surface area contributed by atoms with E-state index in [9.17, 15) is 18.0 Å². The first-order valence-electron chi connectivity index (χ1n) is 9.35. The number of imidazole rings is 1. The van der Waals surface area contributed by atoms with Crippen molar-refractivity contribution in [3.8, 4) is 5.75 Å². The van der Waals surface area contributed by atoms with Gasteiger partial charge in [0.2, 0.25) is 0 Å². The number of alkyl halides is 3. The summed E-state index contributed by atoms with van der Waals surface area (Å²) in [7, 11) is 1.53. The number of nitrogens with one attached hydrogen (secondary N) is 1. The number of carbonyl (C=O) groups excluding carboxylic acids is 1. The number of ether oxygens (including phenoxy) is 1. The van der Waals surface area contributed by atoms with Crippen LogP contribution in [0.15, 0.2) is 43.0 Å². The molecule has 9 nitrogen and oxygen atoms in total. The van der Waals surface area contributed by atoms with Gasteiger partial charge in [-0.05, 0) is 24.3 Å². The van der Waals surface area contributed by atoms with Gasteiger partial charge >= 0.3 is 6.30 Å². The molecule has 0 bridgehead atoms. The third-order valence-corrected chi connectivity index (χ3v) is 5.27. The third-order valence-electron chi connectivity index (χ3n) is 5.27. The van der Waals surface area contributed by atoms with Crippen molar-refractivity contribution < 1.29 is 22.7 Å². The predicted octanol–water partition coefficient (Wildman–Crippen LogP) is 2.53. The first-order valence-corrected chi connectivity index (χ1v) is 9.35. The number of hydrogen-bond acceptors (Lipinski definition) is 5. The number of rotatable bonds is 3. The van der Waals surface area contributed by atoms with E-state index in [1.165, 1.54) is 18.3 Å². The van der Waals surface area contributed by atoms with Crippen molar-refractivity contribution in [2.24, 2.45) is 0 Å². The summed E-state index contributed by atoms with van der Waals surface area (Å²) in [6.07, 6.45) is -0.208. The second kappa shape index (κ2) is 6.86. The predicted molar refractivity (Wildman–Crippen MR) is 100 cm³/mol. The van der Waals surface area contributed by atoms with Crippen molar-refractivity contribution in [1.82, 2.24) is 34.3 Å². The lowest BCUT2D eigenvalue weighted by Gasteiger charge is -2.34. The molecule has 0 radical (unpaired) electrons. The lowest BCUT2D eigenvalue weighted by atomic mass is 9.99. The molecule has 0 saturated carbocycles. The summed E-state index contributed by atoms with van der Waals surface area (Å²) < 4.78 is 46.7. The van der Waals surface area contributed by atoms with Crippen LogP contribution in [0.1, 0.15) is 33.6 Å². The van der Waals surface area contributed by atoms with Gasteiger partial charge in [-0.15, -0.1) is 13.2 Å². The van der Waals surface area contributed by atoms with Gasteiger partial charge in [-0.1, -0.05) is 0 Å². The van der Waals surface area contributed by atoms with Crippen LogP contribution in [-0.2, 0) is 12.7 Å². The molecule has 0 aromatic carbocycles. The molecule has 31 heavy (non-hydrogen) atoms. The first-order chi connectivity index (χ1) is 14.9. The zero-order chi connectivity index (χ0) is 21.8. The second-order valence-corrected chi connectivity index (χ2v) is 6.99. The van der Waals surface area contributed by atoms with E-state index in [4.69, 9.17) is 4.74 Å². The molecule has 12 heteroatoms. The summed E-state index contributed by atoms with van der Waals surface area (Å²) in [6, 6.07) is 5.55. The average molecular weight is 431 g/mol. The number of methoxy groups -OCH3 is 1. The summed E-state index contributed by atoms with van der Waals surface area (Å²) in [6.45, 7) is 0.187. The molecule has 5 rings (SSSR count). The largest absolute Gasteiger partial charge is 0.505 e. The SMILES string of the molecule is COc1cccn2nc(C3c4nc[nH]c4CCN3C(=O)c3ccnn3C(F)(F)F)cc12. The van der Waals surface area contributed by atoms with Crippen LogP contribution < -0.4 is 4.74 Å². The minimum atomic E-state index is -4.81. The number of aromatic nitrogens is 6. The number of carbonyl (C=O) groups is 1. The molecule has 0 fully saturated rings. The number of nitrogens with zero attached hydrogens (tertiary/aromatic N) is 6. The normalized spacial score (nSPS) is 16.5. The molecule has 0 spiro atoms. The maximum absolute atomic E-state index is 13.3. The summed E-state index contributed by atoms with van der Waals surface area (Å²) in [5.74, 6) is -0.232. The van der Waals surface area contributed by atoms with Gasteiger partial charge in [0, 0.05) is 24.9 Å². The molecule has 0 aliphatic carbocycles. The summed E-state index contributed by atoms with van der Waals surface area (Å²) in [4.78, 5) is 22.0. The molecular weight excluding hydrogens is 415 g/mol. The highest BCUT2D eigenvalue weighted by atomic mass is 19.4. The van der Waals surface area contributed by atoms with Gasteiger partial charge in [0.15, 0.2) is 0 Å². The highest BCUT2D eigenvalue weighted by molar-refractivity contribution is 5.93. The van der Waals surface area contributed by atoms with Crippen LogP contribution >= 0.6 is 0 Å². The zero-order valence-electron chi connectivity index (χ0n) is 16.2. The molecule has 1 N–H and O–H groups in total. The monoisotopic (exact) mass is 431 g/mol. The number of fused-ring (bicyclic) bond motifs is 2. The Morgan fingerprint density at radius 1 is 1.32 bits per heavy atom. The molecule has 5 heterocycles. The van der Waals surface area contributed by atoms with Gasteiger partial charge in [0.1, 0.15) is 23.0 Å². The van der Waals surface area contributed by atoms with Crippen molar-refractivity contribution in [1.29, 1.82) is 0 Å². The fourth-order valence-electron chi connectivity index (χ4n) is 3.92. The lowest BCUT2D eigenvalue weighted by Crippen LogP contribution is -2.42. The van der Waals surface area contributed by atoms with E-state index in [-0.39, 0.29) is 11.2 Å². The Hall–Kier alpha value is -3.83. The Kier molecular flexibility index (Phi) is 4.24. The van der Waals surface area contributed by atoms with Crippen molar-refractivity contribution in [3.05, 3.63) is 65.8 Å². The Morgan fingerprint density at radius 3 is 2.94 bits per heavy atom. The van der Waals surface area contributed by atoms with Crippen molar-refractivity contribution >= 4 is 11.4 Å². The maximum atomic E-state index is 13.3. The van der Waals surface area contributed by atoms with Gasteiger partial charge in [-0.25, -0.2) is 9.50 Å². The van der Waals surface area contributed by atoms with E-state index in [1.54, 1.807) is 28.9 Å². The number of pyridine rings is 1. The standard InChI is InChI=1S/C19H16F3N7O2/c1-31-15-3-2-7-28-14(15)9-12(26-28)17-16-11(23-10-24-16)5-8-27(17)18(30)13-4-6-25-29(13)19(20,21)22/h2-4,6-7,9-10,17H,5,8H2,1H3,(H,23,24). The average Bonchev–Trinajstić information content (AvgIpc) is 3.49. The zero-order valence-corrected chi connectivity index (χ0v) is 16.2. The molecule has 4 aromatic heterocycles. The molecule has 1 atom stereocenters. The summed E-state index contributed by atoms with van der Waals surface area (Å²) in [5, 5.41) is 7.83. The number of aromatic amines is 1. The fraction of sp³-hybridized carbons (Fsp3) is 0.263. The van der Waals surface area contributed by atoms with Crippen LogP contribution in [0.2, 0.25) is 0 Å².